The summed E-state index contributed by atoms with van der Waals surface area (Å²) in [7, 11) is 0. The molecule has 0 bridgehead atoms. The van der Waals surface area contributed by atoms with E-state index in [1.165, 1.54) is 0 Å². The molecule has 3 N–H and O–H groups in total. The molecular formula is C12H18N2O2. The summed E-state index contributed by atoms with van der Waals surface area (Å²) in [6.45, 7) is 3.95. The van der Waals surface area contributed by atoms with Gasteiger partial charge >= 0.3 is 0 Å². The van der Waals surface area contributed by atoms with Gasteiger partial charge in [0.1, 0.15) is 5.75 Å². The van der Waals surface area contributed by atoms with Gasteiger partial charge in [0.2, 0.25) is 5.91 Å². The van der Waals surface area contributed by atoms with E-state index in [2.05, 4.69) is 5.43 Å². The van der Waals surface area contributed by atoms with E-state index >= 15 is 0 Å². The number of carbonyl (C=O) groups excluding carboxylic acids is 1. The Balaban J connectivity index is 2.39. The van der Waals surface area contributed by atoms with Crippen LogP contribution in [0.15, 0.2) is 24.3 Å². The van der Waals surface area contributed by atoms with Gasteiger partial charge in [-0.25, -0.2) is 5.84 Å². The van der Waals surface area contributed by atoms with Gasteiger partial charge in [-0.2, -0.15) is 0 Å². The first-order valence-electron chi connectivity index (χ1n) is 5.34. The van der Waals surface area contributed by atoms with Crippen LogP contribution in [-0.2, 0) is 4.79 Å². The van der Waals surface area contributed by atoms with E-state index in [0.717, 1.165) is 11.3 Å². The van der Waals surface area contributed by atoms with Crippen molar-refractivity contribution in [3.05, 3.63) is 29.8 Å². The van der Waals surface area contributed by atoms with Gasteiger partial charge in [-0.1, -0.05) is 12.1 Å². The summed E-state index contributed by atoms with van der Waals surface area (Å²) in [5.41, 5.74) is 3.26. The second-order valence-corrected chi connectivity index (χ2v) is 3.85. The Morgan fingerprint density at radius 1 is 1.56 bits per heavy atom. The first-order valence-corrected chi connectivity index (χ1v) is 5.34. The average molecular weight is 222 g/mol. The lowest BCUT2D eigenvalue weighted by Gasteiger charge is -2.14. The summed E-state index contributed by atoms with van der Waals surface area (Å²) in [5.74, 6) is 5.66. The molecule has 16 heavy (non-hydrogen) atoms. The number of nitrogens with two attached hydrogens (primary N) is 1. The Hall–Kier alpha value is -1.55. The van der Waals surface area contributed by atoms with E-state index in [-0.39, 0.29) is 12.0 Å². The zero-order valence-electron chi connectivity index (χ0n) is 9.69. The van der Waals surface area contributed by atoms with E-state index < -0.39 is 0 Å². The molecule has 0 spiro atoms. The number of aryl methyl sites for hydroxylation is 1. The molecular weight excluding hydrogens is 204 g/mol. The highest BCUT2D eigenvalue weighted by atomic mass is 16.5. The predicted molar refractivity (Wildman–Crippen MR) is 62.8 cm³/mol. The van der Waals surface area contributed by atoms with Crippen molar-refractivity contribution in [2.24, 2.45) is 5.84 Å². The summed E-state index contributed by atoms with van der Waals surface area (Å²) < 4.78 is 5.67. The van der Waals surface area contributed by atoms with Crippen LogP contribution in [0.3, 0.4) is 0 Å². The summed E-state index contributed by atoms with van der Waals surface area (Å²) in [6, 6.07) is 7.84. The Morgan fingerprint density at radius 3 is 2.94 bits per heavy atom. The third-order valence-electron chi connectivity index (χ3n) is 2.27. The number of benzene rings is 1. The lowest BCUT2D eigenvalue weighted by atomic mass is 10.2. The maximum atomic E-state index is 10.9. The molecule has 0 aromatic heterocycles. The fourth-order valence-corrected chi connectivity index (χ4v) is 1.39. The van der Waals surface area contributed by atoms with Gasteiger partial charge in [0.25, 0.3) is 0 Å². The molecule has 0 saturated carbocycles. The number of rotatable bonds is 5. The van der Waals surface area contributed by atoms with Crippen LogP contribution in [0.1, 0.15) is 25.3 Å². The average Bonchev–Trinajstić information content (AvgIpc) is 2.26. The van der Waals surface area contributed by atoms with Gasteiger partial charge in [-0.15, -0.1) is 0 Å². The number of hydrogen-bond acceptors (Lipinski definition) is 3. The van der Waals surface area contributed by atoms with E-state index in [9.17, 15) is 4.79 Å². The molecule has 1 aromatic rings. The third-order valence-corrected chi connectivity index (χ3v) is 2.27. The lowest BCUT2D eigenvalue weighted by Crippen LogP contribution is -2.30. The molecule has 4 nitrogen and oxygen atoms in total. The highest BCUT2D eigenvalue weighted by Crippen LogP contribution is 2.15. The Labute approximate surface area is 95.8 Å². The van der Waals surface area contributed by atoms with Crippen LogP contribution < -0.4 is 16.0 Å². The highest BCUT2D eigenvalue weighted by Gasteiger charge is 2.07. The Morgan fingerprint density at radius 2 is 2.31 bits per heavy atom. The van der Waals surface area contributed by atoms with Gasteiger partial charge in [-0.3, -0.25) is 10.2 Å². The minimum Gasteiger partial charge on any atom is -0.491 e. The molecule has 1 amide bonds. The second-order valence-electron chi connectivity index (χ2n) is 3.85. The van der Waals surface area contributed by atoms with E-state index in [1.807, 2.05) is 38.1 Å². The standard InChI is InChI=1S/C12H18N2O2/c1-9-4-3-5-11(8-9)16-10(2)6-7-12(15)14-13/h3-5,8,10H,6-7,13H2,1-2H3,(H,14,15). The molecule has 0 heterocycles. The zero-order chi connectivity index (χ0) is 12.0. The summed E-state index contributed by atoms with van der Waals surface area (Å²) >= 11 is 0. The molecule has 0 aliphatic heterocycles. The fourth-order valence-electron chi connectivity index (χ4n) is 1.39. The molecule has 0 saturated heterocycles. The van der Waals surface area contributed by atoms with Crippen molar-refractivity contribution in [1.29, 1.82) is 0 Å². The monoisotopic (exact) mass is 222 g/mol. The van der Waals surface area contributed by atoms with Gasteiger partial charge in [-0.05, 0) is 38.0 Å². The van der Waals surface area contributed by atoms with E-state index in [4.69, 9.17) is 10.6 Å². The third kappa shape index (κ3) is 4.31. The Kier molecular flexibility index (Phi) is 4.79. The summed E-state index contributed by atoms with van der Waals surface area (Å²) in [5, 5.41) is 0. The number of nitrogens with one attached hydrogen (secondary N) is 1. The molecule has 1 atom stereocenters. The van der Waals surface area contributed by atoms with Gasteiger partial charge < -0.3 is 4.74 Å². The second kappa shape index (κ2) is 6.12. The summed E-state index contributed by atoms with van der Waals surface area (Å²) in [6.07, 6.45) is 1.03. The maximum absolute atomic E-state index is 10.9. The minimum absolute atomic E-state index is 0.000833. The Bertz CT molecular complexity index is 353. The number of carbonyl (C=O) groups is 1. The SMILES string of the molecule is Cc1cccc(OC(C)CCC(=O)NN)c1. The van der Waals surface area contributed by atoms with Crippen LogP contribution in [0.25, 0.3) is 0 Å². The fraction of sp³-hybridized carbons (Fsp3) is 0.417. The number of hydrazine groups is 1. The molecule has 1 unspecified atom stereocenters. The zero-order valence-corrected chi connectivity index (χ0v) is 9.69. The van der Waals surface area contributed by atoms with Gasteiger partial charge in [0.05, 0.1) is 6.10 Å². The smallest absolute Gasteiger partial charge is 0.234 e. The molecule has 0 fully saturated rings. The normalized spacial score (nSPS) is 11.9. The van der Waals surface area contributed by atoms with Crippen molar-refractivity contribution in [2.75, 3.05) is 0 Å². The van der Waals surface area contributed by atoms with Crippen molar-refractivity contribution in [3.63, 3.8) is 0 Å². The van der Waals surface area contributed by atoms with Crippen LogP contribution in [-0.4, -0.2) is 12.0 Å². The largest absolute Gasteiger partial charge is 0.491 e. The van der Waals surface area contributed by atoms with Gasteiger partial charge in [0.15, 0.2) is 0 Å². The maximum Gasteiger partial charge on any atom is 0.234 e. The van der Waals surface area contributed by atoms with E-state index in [1.54, 1.807) is 0 Å². The highest BCUT2D eigenvalue weighted by molar-refractivity contribution is 5.75. The number of hydrogen-bond donors (Lipinski definition) is 2. The quantitative estimate of drug-likeness (QED) is 0.451. The van der Waals surface area contributed by atoms with Crippen LogP contribution >= 0.6 is 0 Å². The van der Waals surface area contributed by atoms with Crippen molar-refractivity contribution in [2.45, 2.75) is 32.8 Å². The molecule has 88 valence electrons. The predicted octanol–water partition coefficient (Wildman–Crippen LogP) is 1.53. The molecule has 0 aliphatic carbocycles. The molecule has 0 aliphatic rings. The first-order chi connectivity index (χ1) is 7.61. The van der Waals surface area contributed by atoms with Crippen molar-refractivity contribution in [1.82, 2.24) is 5.43 Å². The molecule has 4 heteroatoms. The molecule has 1 rings (SSSR count). The summed E-state index contributed by atoms with van der Waals surface area (Å²) in [4.78, 5) is 10.9. The van der Waals surface area contributed by atoms with E-state index in [0.29, 0.717) is 12.8 Å². The van der Waals surface area contributed by atoms with Gasteiger partial charge in [0, 0.05) is 6.42 Å². The van der Waals surface area contributed by atoms with Crippen LogP contribution in [0.4, 0.5) is 0 Å². The molecule has 1 aromatic carbocycles. The molecule has 0 radical (unpaired) electrons. The first kappa shape index (κ1) is 12.5. The number of amides is 1. The van der Waals surface area contributed by atoms with Crippen molar-refractivity contribution < 1.29 is 9.53 Å². The van der Waals surface area contributed by atoms with Crippen molar-refractivity contribution in [3.8, 4) is 5.75 Å². The number of ether oxygens (including phenoxy) is 1. The van der Waals surface area contributed by atoms with Crippen LogP contribution in [0, 0.1) is 6.92 Å². The van der Waals surface area contributed by atoms with Crippen molar-refractivity contribution >= 4 is 5.91 Å². The van der Waals surface area contributed by atoms with Crippen LogP contribution in [0.5, 0.6) is 5.75 Å². The lowest BCUT2D eigenvalue weighted by molar-refractivity contribution is -0.121. The van der Waals surface area contributed by atoms with Crippen LogP contribution in [0.2, 0.25) is 0 Å². The minimum atomic E-state index is -0.167. The topological polar surface area (TPSA) is 64.3 Å².